The van der Waals surface area contributed by atoms with E-state index >= 15 is 0 Å². The van der Waals surface area contributed by atoms with Crippen LogP contribution >= 0.6 is 0 Å². The lowest BCUT2D eigenvalue weighted by molar-refractivity contribution is 0.0954. The van der Waals surface area contributed by atoms with Crippen molar-refractivity contribution < 1.29 is 9.59 Å². The first-order valence-corrected chi connectivity index (χ1v) is 9.10. The van der Waals surface area contributed by atoms with Gasteiger partial charge in [-0.3, -0.25) is 4.79 Å². The van der Waals surface area contributed by atoms with E-state index in [-0.39, 0.29) is 18.0 Å². The SMILES string of the molecule is Cc1ccc(C(=O)NCCNC(=O)NC2CCCc3ccccc32)cc1. The van der Waals surface area contributed by atoms with Crippen LogP contribution in [0.25, 0.3) is 0 Å². The van der Waals surface area contributed by atoms with E-state index in [2.05, 4.69) is 28.1 Å². The first-order valence-electron chi connectivity index (χ1n) is 9.10. The molecule has 0 bridgehead atoms. The normalized spacial score (nSPS) is 15.7. The zero-order valence-corrected chi connectivity index (χ0v) is 15.0. The molecule has 0 fully saturated rings. The lowest BCUT2D eigenvalue weighted by Gasteiger charge is -2.26. The van der Waals surface area contributed by atoms with Crippen molar-refractivity contribution in [2.75, 3.05) is 13.1 Å². The van der Waals surface area contributed by atoms with E-state index in [1.54, 1.807) is 12.1 Å². The van der Waals surface area contributed by atoms with Gasteiger partial charge in [-0.2, -0.15) is 0 Å². The highest BCUT2D eigenvalue weighted by atomic mass is 16.2. The number of benzene rings is 2. The van der Waals surface area contributed by atoms with Crippen LogP contribution in [0.2, 0.25) is 0 Å². The Balaban J connectivity index is 1.41. The van der Waals surface area contributed by atoms with E-state index in [1.807, 2.05) is 31.2 Å². The van der Waals surface area contributed by atoms with Crippen LogP contribution in [0.5, 0.6) is 0 Å². The Morgan fingerprint density at radius 3 is 2.54 bits per heavy atom. The van der Waals surface area contributed by atoms with Crippen LogP contribution in [0.3, 0.4) is 0 Å². The Morgan fingerprint density at radius 2 is 1.73 bits per heavy atom. The van der Waals surface area contributed by atoms with Crippen molar-refractivity contribution >= 4 is 11.9 Å². The highest BCUT2D eigenvalue weighted by Crippen LogP contribution is 2.29. The van der Waals surface area contributed by atoms with Crippen LogP contribution in [-0.2, 0) is 6.42 Å². The molecule has 2 aromatic carbocycles. The number of carbonyl (C=O) groups excluding carboxylic acids is 2. The summed E-state index contributed by atoms with van der Waals surface area (Å²) in [5, 5.41) is 8.66. The number of fused-ring (bicyclic) bond motifs is 1. The summed E-state index contributed by atoms with van der Waals surface area (Å²) in [6, 6.07) is 15.5. The predicted molar refractivity (Wildman–Crippen MR) is 102 cm³/mol. The molecule has 0 saturated heterocycles. The average molecular weight is 351 g/mol. The number of aryl methyl sites for hydroxylation is 2. The molecule has 3 amide bonds. The molecule has 3 rings (SSSR count). The minimum atomic E-state index is -0.198. The Bertz CT molecular complexity index is 771. The zero-order chi connectivity index (χ0) is 18.4. The molecule has 0 aliphatic heterocycles. The standard InChI is InChI=1S/C21H25N3O2/c1-15-9-11-17(12-10-15)20(25)22-13-14-23-21(26)24-19-8-4-6-16-5-2-3-7-18(16)19/h2-3,5,7,9-12,19H,4,6,8,13-14H2,1H3,(H,22,25)(H2,23,24,26). The third-order valence-electron chi connectivity index (χ3n) is 4.68. The fraction of sp³-hybridized carbons (Fsp3) is 0.333. The smallest absolute Gasteiger partial charge is 0.315 e. The van der Waals surface area contributed by atoms with Crippen molar-refractivity contribution in [2.45, 2.75) is 32.2 Å². The number of urea groups is 1. The van der Waals surface area contributed by atoms with Gasteiger partial charge < -0.3 is 16.0 Å². The van der Waals surface area contributed by atoms with E-state index in [9.17, 15) is 9.59 Å². The van der Waals surface area contributed by atoms with Gasteiger partial charge in [-0.1, -0.05) is 42.0 Å². The maximum absolute atomic E-state index is 12.1. The summed E-state index contributed by atoms with van der Waals surface area (Å²) >= 11 is 0. The van der Waals surface area contributed by atoms with E-state index in [1.165, 1.54) is 11.1 Å². The monoisotopic (exact) mass is 351 g/mol. The van der Waals surface area contributed by atoms with Crippen molar-refractivity contribution in [3.63, 3.8) is 0 Å². The minimum Gasteiger partial charge on any atom is -0.350 e. The number of rotatable bonds is 5. The highest BCUT2D eigenvalue weighted by Gasteiger charge is 2.21. The maximum atomic E-state index is 12.1. The van der Waals surface area contributed by atoms with Crippen LogP contribution in [-0.4, -0.2) is 25.0 Å². The number of carbonyl (C=O) groups is 2. The highest BCUT2D eigenvalue weighted by molar-refractivity contribution is 5.94. The lowest BCUT2D eigenvalue weighted by atomic mass is 9.88. The second-order valence-corrected chi connectivity index (χ2v) is 6.67. The van der Waals surface area contributed by atoms with Crippen LogP contribution < -0.4 is 16.0 Å². The van der Waals surface area contributed by atoms with E-state index < -0.39 is 0 Å². The molecule has 26 heavy (non-hydrogen) atoms. The Labute approximate surface area is 154 Å². The number of hydrogen-bond donors (Lipinski definition) is 3. The van der Waals surface area contributed by atoms with Crippen molar-refractivity contribution in [2.24, 2.45) is 0 Å². The van der Waals surface area contributed by atoms with E-state index in [4.69, 9.17) is 0 Å². The van der Waals surface area contributed by atoms with E-state index in [0.717, 1.165) is 24.8 Å². The second kappa shape index (κ2) is 8.52. The van der Waals surface area contributed by atoms with Crippen molar-refractivity contribution in [3.8, 4) is 0 Å². The molecule has 0 aromatic heterocycles. The minimum absolute atomic E-state index is 0.0575. The molecule has 1 atom stereocenters. The van der Waals surface area contributed by atoms with Crippen LogP contribution in [0.4, 0.5) is 4.79 Å². The second-order valence-electron chi connectivity index (χ2n) is 6.67. The molecule has 2 aromatic rings. The van der Waals surface area contributed by atoms with Gasteiger partial charge in [-0.05, 0) is 49.4 Å². The van der Waals surface area contributed by atoms with Gasteiger partial charge in [0.05, 0.1) is 6.04 Å². The molecule has 0 saturated carbocycles. The van der Waals surface area contributed by atoms with Gasteiger partial charge in [0.1, 0.15) is 0 Å². The molecule has 1 aliphatic rings. The molecule has 136 valence electrons. The third-order valence-corrected chi connectivity index (χ3v) is 4.68. The summed E-state index contributed by atoms with van der Waals surface area (Å²) in [6.07, 6.45) is 3.10. The lowest BCUT2D eigenvalue weighted by Crippen LogP contribution is -2.42. The van der Waals surface area contributed by atoms with Crippen LogP contribution in [0.15, 0.2) is 48.5 Å². The van der Waals surface area contributed by atoms with Gasteiger partial charge in [-0.25, -0.2) is 4.79 Å². The molecule has 0 spiro atoms. The van der Waals surface area contributed by atoms with Gasteiger partial charge in [0.2, 0.25) is 0 Å². The van der Waals surface area contributed by atoms with Gasteiger partial charge in [0.25, 0.3) is 5.91 Å². The molecule has 0 radical (unpaired) electrons. The average Bonchev–Trinajstić information content (AvgIpc) is 2.66. The van der Waals surface area contributed by atoms with Gasteiger partial charge in [-0.15, -0.1) is 0 Å². The zero-order valence-electron chi connectivity index (χ0n) is 15.0. The van der Waals surface area contributed by atoms with E-state index in [0.29, 0.717) is 18.7 Å². The molecule has 5 nitrogen and oxygen atoms in total. The first-order chi connectivity index (χ1) is 12.6. The number of hydrogen-bond acceptors (Lipinski definition) is 2. The van der Waals surface area contributed by atoms with Crippen LogP contribution in [0.1, 0.15) is 45.9 Å². The molecule has 0 heterocycles. The fourth-order valence-electron chi connectivity index (χ4n) is 3.27. The molecule has 3 N–H and O–H groups in total. The fourth-order valence-corrected chi connectivity index (χ4v) is 3.27. The van der Waals surface area contributed by atoms with Crippen LogP contribution in [0, 0.1) is 6.92 Å². The topological polar surface area (TPSA) is 70.2 Å². The summed E-state index contributed by atoms with van der Waals surface area (Å²) in [7, 11) is 0. The van der Waals surface area contributed by atoms with Gasteiger partial charge in [0.15, 0.2) is 0 Å². The summed E-state index contributed by atoms with van der Waals surface area (Å²) < 4.78 is 0. The quantitative estimate of drug-likeness (QED) is 0.725. The Hall–Kier alpha value is -2.82. The third kappa shape index (κ3) is 4.63. The Kier molecular flexibility index (Phi) is 5.89. The van der Waals surface area contributed by atoms with Gasteiger partial charge >= 0.3 is 6.03 Å². The summed E-state index contributed by atoms with van der Waals surface area (Å²) in [5.41, 5.74) is 4.26. The molecule has 1 unspecified atom stereocenters. The summed E-state index contributed by atoms with van der Waals surface area (Å²) in [4.78, 5) is 24.2. The van der Waals surface area contributed by atoms with Gasteiger partial charge in [0, 0.05) is 18.7 Å². The number of amides is 3. The van der Waals surface area contributed by atoms with Crippen molar-refractivity contribution in [1.29, 1.82) is 0 Å². The first kappa shape index (κ1) is 18.0. The molecule has 1 aliphatic carbocycles. The van der Waals surface area contributed by atoms with Crippen molar-refractivity contribution in [1.82, 2.24) is 16.0 Å². The Morgan fingerprint density at radius 1 is 1.00 bits per heavy atom. The summed E-state index contributed by atoms with van der Waals surface area (Å²) in [6.45, 7) is 2.76. The predicted octanol–water partition coefficient (Wildman–Crippen LogP) is 3.10. The molecule has 5 heteroatoms. The maximum Gasteiger partial charge on any atom is 0.315 e. The summed E-state index contributed by atoms with van der Waals surface area (Å²) in [5.74, 6) is -0.131. The number of nitrogens with one attached hydrogen (secondary N) is 3. The largest absolute Gasteiger partial charge is 0.350 e. The molecular formula is C21H25N3O2. The molecular weight excluding hydrogens is 326 g/mol. The van der Waals surface area contributed by atoms with Crippen molar-refractivity contribution in [3.05, 3.63) is 70.8 Å².